The van der Waals surface area contributed by atoms with Crippen molar-refractivity contribution < 1.29 is 14.3 Å². The molecular formula is C6H3NO3S. The van der Waals surface area contributed by atoms with Crippen LogP contribution in [0.1, 0.15) is 10.5 Å². The van der Waals surface area contributed by atoms with E-state index in [9.17, 15) is 4.79 Å². The molecule has 2 heterocycles. The maximum atomic E-state index is 10.5. The van der Waals surface area contributed by atoms with Gasteiger partial charge in [0, 0.05) is 0 Å². The Balaban J connectivity index is 2.78. The molecule has 0 spiro atoms. The number of rotatable bonds is 1. The number of carboxylic acid groups (broad SMARTS) is 1. The average molecular weight is 169 g/mol. The van der Waals surface area contributed by atoms with Crippen molar-refractivity contribution in [1.82, 2.24) is 4.37 Å². The van der Waals surface area contributed by atoms with Crippen molar-refractivity contribution in [3.63, 3.8) is 0 Å². The Kier molecular flexibility index (Phi) is 1.19. The molecule has 0 radical (unpaired) electrons. The first-order valence-corrected chi connectivity index (χ1v) is 3.62. The summed E-state index contributed by atoms with van der Waals surface area (Å²) in [6, 6.07) is 1.69. The summed E-state index contributed by atoms with van der Waals surface area (Å²) in [4.78, 5) is 10.5. The van der Waals surface area contributed by atoms with Crippen molar-refractivity contribution in [1.29, 1.82) is 0 Å². The standard InChI is InChI=1S/C6H3NO3S/c8-6(9)4-5-3(11-7-4)1-2-10-5/h1-2H,(H,8,9). The van der Waals surface area contributed by atoms with Crippen LogP contribution in [0.5, 0.6) is 0 Å². The zero-order valence-electron chi connectivity index (χ0n) is 5.27. The molecule has 0 saturated heterocycles. The van der Waals surface area contributed by atoms with Gasteiger partial charge >= 0.3 is 5.97 Å². The zero-order chi connectivity index (χ0) is 7.84. The topological polar surface area (TPSA) is 63.3 Å². The number of hydrogen-bond acceptors (Lipinski definition) is 4. The number of fused-ring (bicyclic) bond motifs is 1. The quantitative estimate of drug-likeness (QED) is 0.704. The largest absolute Gasteiger partial charge is 0.476 e. The molecule has 0 aliphatic heterocycles. The van der Waals surface area contributed by atoms with Gasteiger partial charge in [0.1, 0.15) is 0 Å². The van der Waals surface area contributed by atoms with Gasteiger partial charge in [-0.15, -0.1) is 0 Å². The fraction of sp³-hybridized carbons (Fsp3) is 0. The summed E-state index contributed by atoms with van der Waals surface area (Å²) in [5.74, 6) is -1.05. The molecule has 0 bridgehead atoms. The SMILES string of the molecule is O=C(O)c1nsc2ccoc12. The third-order valence-electron chi connectivity index (χ3n) is 1.28. The smallest absolute Gasteiger partial charge is 0.359 e. The summed E-state index contributed by atoms with van der Waals surface area (Å²) < 4.78 is 9.39. The molecule has 56 valence electrons. The molecule has 0 saturated carbocycles. The van der Waals surface area contributed by atoms with Gasteiger partial charge in [0.2, 0.25) is 5.69 Å². The van der Waals surface area contributed by atoms with Gasteiger partial charge < -0.3 is 9.52 Å². The minimum Gasteiger partial charge on any atom is -0.476 e. The van der Waals surface area contributed by atoms with Crippen LogP contribution in [-0.4, -0.2) is 15.4 Å². The first-order valence-electron chi connectivity index (χ1n) is 2.85. The number of aromatic carboxylic acids is 1. The molecule has 2 aromatic rings. The average Bonchev–Trinajstić information content (AvgIpc) is 2.41. The molecule has 0 unspecified atom stereocenters. The maximum Gasteiger partial charge on any atom is 0.359 e. The van der Waals surface area contributed by atoms with Gasteiger partial charge in [-0.3, -0.25) is 0 Å². The summed E-state index contributed by atoms with van der Waals surface area (Å²) in [6.07, 6.45) is 1.45. The van der Waals surface area contributed by atoms with Crippen molar-refractivity contribution in [3.05, 3.63) is 18.0 Å². The summed E-state index contributed by atoms with van der Waals surface area (Å²) in [7, 11) is 0. The Morgan fingerprint density at radius 3 is 3.27 bits per heavy atom. The van der Waals surface area contributed by atoms with Gasteiger partial charge in [0.05, 0.1) is 11.0 Å². The normalized spacial score (nSPS) is 10.5. The highest BCUT2D eigenvalue weighted by Crippen LogP contribution is 2.23. The zero-order valence-corrected chi connectivity index (χ0v) is 6.09. The van der Waals surface area contributed by atoms with E-state index >= 15 is 0 Å². The minimum atomic E-state index is -1.05. The second-order valence-corrected chi connectivity index (χ2v) is 2.76. The lowest BCUT2D eigenvalue weighted by Crippen LogP contribution is -1.95. The highest BCUT2D eigenvalue weighted by atomic mass is 32.1. The van der Waals surface area contributed by atoms with Crippen LogP contribution in [0.15, 0.2) is 16.7 Å². The van der Waals surface area contributed by atoms with Gasteiger partial charge in [-0.1, -0.05) is 0 Å². The Labute approximate surface area is 65.2 Å². The van der Waals surface area contributed by atoms with Gasteiger partial charge in [-0.05, 0) is 17.6 Å². The number of carbonyl (C=O) groups is 1. The number of aromatic nitrogens is 1. The van der Waals surface area contributed by atoms with Crippen LogP contribution in [0.25, 0.3) is 10.3 Å². The van der Waals surface area contributed by atoms with Crippen LogP contribution in [0, 0.1) is 0 Å². The van der Waals surface area contributed by atoms with Crippen molar-refractivity contribution in [2.24, 2.45) is 0 Å². The molecule has 4 nitrogen and oxygen atoms in total. The first-order chi connectivity index (χ1) is 5.29. The molecule has 0 aliphatic carbocycles. The third-order valence-corrected chi connectivity index (χ3v) is 2.07. The number of carboxylic acids is 1. The van der Waals surface area contributed by atoms with E-state index in [2.05, 4.69) is 4.37 Å². The van der Waals surface area contributed by atoms with Crippen LogP contribution in [0.2, 0.25) is 0 Å². The van der Waals surface area contributed by atoms with Gasteiger partial charge in [0.25, 0.3) is 0 Å². The second kappa shape index (κ2) is 2.06. The molecule has 0 aliphatic rings. The van der Waals surface area contributed by atoms with Crippen molar-refractivity contribution >= 4 is 27.8 Å². The van der Waals surface area contributed by atoms with Crippen LogP contribution in [-0.2, 0) is 0 Å². The number of nitrogens with zero attached hydrogens (tertiary/aromatic N) is 1. The van der Waals surface area contributed by atoms with Crippen molar-refractivity contribution in [3.8, 4) is 0 Å². The predicted octanol–water partition coefficient (Wildman–Crippen LogP) is 1.59. The van der Waals surface area contributed by atoms with Gasteiger partial charge in [-0.25, -0.2) is 4.79 Å². The molecule has 11 heavy (non-hydrogen) atoms. The lowest BCUT2D eigenvalue weighted by Gasteiger charge is -1.81. The van der Waals surface area contributed by atoms with Crippen LogP contribution in [0.4, 0.5) is 0 Å². The molecule has 0 aromatic carbocycles. The highest BCUT2D eigenvalue weighted by molar-refractivity contribution is 7.13. The van der Waals surface area contributed by atoms with E-state index in [4.69, 9.17) is 9.52 Å². The Morgan fingerprint density at radius 2 is 2.55 bits per heavy atom. The predicted molar refractivity (Wildman–Crippen MR) is 38.8 cm³/mol. The molecular weight excluding hydrogens is 166 g/mol. The fourth-order valence-corrected chi connectivity index (χ4v) is 1.51. The fourth-order valence-electron chi connectivity index (χ4n) is 0.814. The highest BCUT2D eigenvalue weighted by Gasteiger charge is 2.14. The summed E-state index contributed by atoms with van der Waals surface area (Å²) in [5, 5.41) is 8.57. The van der Waals surface area contributed by atoms with Crippen molar-refractivity contribution in [2.75, 3.05) is 0 Å². The molecule has 0 amide bonds. The van der Waals surface area contributed by atoms with E-state index in [0.717, 1.165) is 16.2 Å². The Bertz CT molecular complexity index is 403. The maximum absolute atomic E-state index is 10.5. The molecule has 1 N–H and O–H groups in total. The molecule has 5 heteroatoms. The van der Waals surface area contributed by atoms with Gasteiger partial charge in [0.15, 0.2) is 5.58 Å². The molecule has 2 rings (SSSR count). The Hall–Kier alpha value is -1.36. The first kappa shape index (κ1) is 6.36. The summed E-state index contributed by atoms with van der Waals surface area (Å²) in [5.41, 5.74) is 0.359. The molecule has 0 fully saturated rings. The molecule has 2 aromatic heterocycles. The summed E-state index contributed by atoms with van der Waals surface area (Å²) in [6.45, 7) is 0. The second-order valence-electron chi connectivity index (χ2n) is 1.95. The van der Waals surface area contributed by atoms with E-state index in [-0.39, 0.29) is 5.69 Å². The molecule has 0 atom stereocenters. The lowest BCUT2D eigenvalue weighted by atomic mass is 10.4. The minimum absolute atomic E-state index is 0.00463. The van der Waals surface area contributed by atoms with E-state index in [1.165, 1.54) is 6.26 Å². The van der Waals surface area contributed by atoms with E-state index in [0.29, 0.717) is 5.58 Å². The summed E-state index contributed by atoms with van der Waals surface area (Å²) >= 11 is 1.12. The van der Waals surface area contributed by atoms with Crippen LogP contribution < -0.4 is 0 Å². The monoisotopic (exact) mass is 169 g/mol. The van der Waals surface area contributed by atoms with E-state index in [1.54, 1.807) is 6.07 Å². The lowest BCUT2D eigenvalue weighted by molar-refractivity contribution is 0.0693. The Morgan fingerprint density at radius 1 is 1.73 bits per heavy atom. The van der Waals surface area contributed by atoms with Crippen LogP contribution >= 0.6 is 11.5 Å². The third kappa shape index (κ3) is 0.813. The van der Waals surface area contributed by atoms with Crippen molar-refractivity contribution in [2.45, 2.75) is 0 Å². The van der Waals surface area contributed by atoms with Gasteiger partial charge in [-0.2, -0.15) is 4.37 Å². The van der Waals surface area contributed by atoms with Crippen LogP contribution in [0.3, 0.4) is 0 Å². The number of furan rings is 1. The van der Waals surface area contributed by atoms with E-state index in [1.807, 2.05) is 0 Å². The number of hydrogen-bond donors (Lipinski definition) is 1. The van der Waals surface area contributed by atoms with E-state index < -0.39 is 5.97 Å².